The van der Waals surface area contributed by atoms with Crippen LogP contribution in [-0.4, -0.2) is 95.9 Å². The molecule has 0 rings (SSSR count). The smallest absolute Gasteiger partial charge is 0.463 e. The third-order valence-electron chi connectivity index (χ3n) is 20.2. The molecule has 0 bridgehead atoms. The van der Waals surface area contributed by atoms with Crippen LogP contribution < -0.4 is 0 Å². The lowest BCUT2D eigenvalue weighted by molar-refractivity contribution is -0.161. The summed E-state index contributed by atoms with van der Waals surface area (Å²) in [5.74, 6) is -1.57. The average molecular weight is 1710 g/mol. The lowest BCUT2D eigenvalue weighted by Crippen LogP contribution is -2.30. The van der Waals surface area contributed by atoms with Crippen LogP contribution in [0.1, 0.15) is 406 Å². The Kier molecular flexibility index (Phi) is 88.6. The molecule has 5 atom stereocenters. The summed E-state index contributed by atoms with van der Waals surface area (Å²) in [6, 6.07) is 0. The molecule has 0 radical (unpaired) electrons. The monoisotopic (exact) mass is 1710 g/mol. The van der Waals surface area contributed by atoms with Gasteiger partial charge in [-0.15, -0.1) is 0 Å². The highest BCUT2D eigenvalue weighted by Crippen LogP contribution is 2.45. The Bertz CT molecular complexity index is 2790. The summed E-state index contributed by atoms with van der Waals surface area (Å²) in [7, 11) is -9.80. The van der Waals surface area contributed by atoms with E-state index in [1.165, 1.54) is 193 Å². The second kappa shape index (κ2) is 92.4. The Balaban J connectivity index is 4.37. The van der Waals surface area contributed by atoms with Gasteiger partial charge in [-0.2, -0.15) is 0 Å². The molecule has 18 heteroatoms. The van der Waals surface area contributed by atoms with Gasteiger partial charge in [0.25, 0.3) is 0 Å². The van der Waals surface area contributed by atoms with Crippen molar-refractivity contribution in [3.63, 3.8) is 0 Å². The Hall–Kier alpha value is -4.83. The van der Waals surface area contributed by atoms with Gasteiger partial charge in [0.15, 0.2) is 6.10 Å². The zero-order valence-corrected chi connectivity index (χ0v) is 77.3. The second-order valence-corrected chi connectivity index (χ2v) is 34.7. The Morgan fingerprint density at radius 3 is 0.714 bits per heavy atom. The number of hydrogen-bond donors (Lipinski definition) is 4. The molecule has 119 heavy (non-hydrogen) atoms. The maximum Gasteiger partial charge on any atom is 0.472 e. The van der Waals surface area contributed by atoms with Crippen molar-refractivity contribution in [3.8, 4) is 0 Å². The van der Waals surface area contributed by atoms with Gasteiger partial charge in [-0.1, -0.05) is 397 Å². The van der Waals surface area contributed by atoms with Crippen LogP contribution in [-0.2, 0) is 55.8 Å². The molecule has 0 fully saturated rings. The second-order valence-electron chi connectivity index (χ2n) is 31.8. The molecular weight excluding hydrogens is 1530 g/mol. The fourth-order valence-corrected chi connectivity index (χ4v) is 14.6. The fraction of sp³-hybridized carbons (Fsp3) is 0.713. The van der Waals surface area contributed by atoms with Crippen molar-refractivity contribution >= 4 is 33.6 Å². The lowest BCUT2D eigenvalue weighted by Gasteiger charge is -2.21. The van der Waals surface area contributed by atoms with Crippen LogP contribution in [0.3, 0.4) is 0 Å². The molecule has 5 unspecified atom stereocenters. The maximum absolute atomic E-state index is 13.0. The van der Waals surface area contributed by atoms with Gasteiger partial charge in [0.2, 0.25) is 0 Å². The van der Waals surface area contributed by atoms with E-state index in [0.29, 0.717) is 19.3 Å². The molecule has 16 nitrogen and oxygen atoms in total. The van der Waals surface area contributed by atoms with Crippen LogP contribution in [0, 0.1) is 0 Å². The Labute approximate surface area is 727 Å². The van der Waals surface area contributed by atoms with E-state index in [4.69, 9.17) is 32.3 Å². The number of allylic oxidation sites excluding steroid dienone is 26. The van der Waals surface area contributed by atoms with Gasteiger partial charge in [0, 0.05) is 19.3 Å². The van der Waals surface area contributed by atoms with E-state index >= 15 is 0 Å². The first-order valence-electron chi connectivity index (χ1n) is 47.8. The number of phosphoric acid groups is 2. The van der Waals surface area contributed by atoms with Crippen molar-refractivity contribution in [2.75, 3.05) is 39.6 Å². The van der Waals surface area contributed by atoms with Gasteiger partial charge < -0.3 is 34.2 Å². The van der Waals surface area contributed by atoms with Crippen molar-refractivity contribution < 1.29 is 75.8 Å². The molecule has 684 valence electrons. The molecule has 0 aromatic rings. The number of rotatable bonds is 90. The largest absolute Gasteiger partial charge is 0.472 e. The quantitative estimate of drug-likeness (QED) is 0.0146. The number of aliphatic hydroxyl groups excluding tert-OH is 2. The first-order valence-corrected chi connectivity index (χ1v) is 50.8. The number of ether oxygens (including phenoxy) is 3. The predicted octanol–water partition coefficient (Wildman–Crippen LogP) is 29.7. The highest BCUT2D eigenvalue weighted by Gasteiger charge is 2.30. The minimum Gasteiger partial charge on any atom is -0.463 e. The highest BCUT2D eigenvalue weighted by molar-refractivity contribution is 7.47. The maximum atomic E-state index is 13.0. The minimum atomic E-state index is -4.94. The molecule has 0 aliphatic carbocycles. The van der Waals surface area contributed by atoms with E-state index in [-0.39, 0.29) is 19.3 Å². The Morgan fingerprint density at radius 2 is 0.445 bits per heavy atom. The van der Waals surface area contributed by atoms with Crippen LogP contribution in [0.25, 0.3) is 0 Å². The van der Waals surface area contributed by atoms with E-state index in [0.717, 1.165) is 154 Å². The van der Waals surface area contributed by atoms with Crippen molar-refractivity contribution in [2.24, 2.45) is 0 Å². The first kappa shape index (κ1) is 114. The van der Waals surface area contributed by atoms with Crippen molar-refractivity contribution in [3.05, 3.63) is 158 Å². The zero-order chi connectivity index (χ0) is 86.5. The number of aliphatic hydroxyl groups is 2. The lowest BCUT2D eigenvalue weighted by atomic mass is 10.0. The van der Waals surface area contributed by atoms with Gasteiger partial charge in [-0.3, -0.25) is 32.5 Å². The van der Waals surface area contributed by atoms with Crippen molar-refractivity contribution in [1.82, 2.24) is 0 Å². The van der Waals surface area contributed by atoms with Crippen molar-refractivity contribution in [1.29, 1.82) is 0 Å². The normalized spacial score (nSPS) is 14.4. The SMILES string of the molecule is CC/C=C\C/C=C\C/C=C\C/C=C\C/C=C\C/C=C\CCCCCCCCCCCCCCCCCCC(=O)OCC(O)COP(=O)(O)OCC(O)COP(=O)(O)OCC(COC(=O)CCCCCCCCCCCCCCCCCC/C=C\C/C=C\C/C=C\C/C=C\C/C=C\C/C=C\CC)OC(=O)CCCCCCC/C=C\CCCCCC. The number of hydrogen-bond acceptors (Lipinski definition) is 14. The fourth-order valence-electron chi connectivity index (χ4n) is 13.0. The van der Waals surface area contributed by atoms with Crippen LogP contribution in [0.15, 0.2) is 158 Å². The van der Waals surface area contributed by atoms with Crippen LogP contribution in [0.5, 0.6) is 0 Å². The molecule has 0 aromatic carbocycles. The molecular formula is C101H174O16P2. The van der Waals surface area contributed by atoms with Crippen LogP contribution in [0.2, 0.25) is 0 Å². The number of esters is 3. The number of unbranched alkanes of at least 4 members (excludes halogenated alkanes) is 41. The van der Waals surface area contributed by atoms with Crippen molar-refractivity contribution in [2.45, 2.75) is 424 Å². The Morgan fingerprint density at radius 1 is 0.244 bits per heavy atom. The van der Waals surface area contributed by atoms with Crippen LogP contribution >= 0.6 is 15.6 Å². The third-order valence-corrected chi connectivity index (χ3v) is 22.1. The number of carbonyl (C=O) groups excluding carboxylic acids is 3. The van der Waals surface area contributed by atoms with E-state index in [9.17, 15) is 43.5 Å². The first-order chi connectivity index (χ1) is 58.2. The summed E-state index contributed by atoms with van der Waals surface area (Å²) < 4.78 is 61.4. The third kappa shape index (κ3) is 93.7. The molecule has 4 N–H and O–H groups in total. The van der Waals surface area contributed by atoms with E-state index in [1.54, 1.807) is 0 Å². The van der Waals surface area contributed by atoms with Gasteiger partial charge in [0.1, 0.15) is 25.4 Å². The molecule has 0 saturated heterocycles. The molecule has 0 aromatic heterocycles. The number of phosphoric ester groups is 2. The summed E-state index contributed by atoms with van der Waals surface area (Å²) >= 11 is 0. The molecule has 0 heterocycles. The van der Waals surface area contributed by atoms with Gasteiger partial charge in [-0.05, 0) is 148 Å². The standard InChI is InChI=1S/C101H174O16P2/c1-4-7-10-13-16-19-22-25-27-29-31-33-35-37-39-41-43-45-47-49-51-53-55-57-59-61-63-65-67-70-72-75-78-81-84-87-99(104)111-90-96(102)91-113-118(107,108)114-92-97(103)93-115-119(109,110)116-95-98(117-101(106)89-86-83-80-77-74-69-24-21-18-15-12-9-6-3)94-112-100(105)88-85-82-79-76-73-71-68-66-64-62-60-58-56-54-52-50-48-46-44-42-40-38-36-34-32-30-28-26-23-20-17-14-11-8-5-2/h7-8,10-11,16-17,19-21,24-28,31-34,37-40,43-46,96-98,102-103H,4-6,9,12-15,18,22-23,29-30,35-36,41-42,47-95H2,1-3H3,(H,107,108)(H,109,110)/b10-7-,11-8-,19-16-,20-17-,24-21-,27-25-,28-26-,33-31-,34-32-,39-37-,40-38-,45-43-,46-44-. The van der Waals surface area contributed by atoms with Gasteiger partial charge in [-0.25, -0.2) is 9.13 Å². The number of carbonyl (C=O) groups is 3. The molecule has 0 amide bonds. The summed E-state index contributed by atoms with van der Waals surface area (Å²) in [5.41, 5.74) is 0. The summed E-state index contributed by atoms with van der Waals surface area (Å²) in [6.07, 6.45) is 119. The molecule has 0 aliphatic heterocycles. The predicted molar refractivity (Wildman–Crippen MR) is 500 cm³/mol. The average Bonchev–Trinajstić information content (AvgIpc) is 0.893. The van der Waals surface area contributed by atoms with Gasteiger partial charge in [0.05, 0.1) is 26.4 Å². The zero-order valence-electron chi connectivity index (χ0n) is 75.5. The van der Waals surface area contributed by atoms with Gasteiger partial charge >= 0.3 is 33.6 Å². The molecule has 0 saturated carbocycles. The van der Waals surface area contributed by atoms with E-state index < -0.39 is 91.5 Å². The van der Waals surface area contributed by atoms with E-state index in [1.807, 2.05) is 0 Å². The topological polar surface area (TPSA) is 231 Å². The van der Waals surface area contributed by atoms with Crippen LogP contribution in [0.4, 0.5) is 0 Å². The van der Waals surface area contributed by atoms with E-state index in [2.05, 4.69) is 179 Å². The summed E-state index contributed by atoms with van der Waals surface area (Å²) in [5, 5.41) is 20.7. The molecule has 0 aliphatic rings. The minimum absolute atomic E-state index is 0.0947. The molecule has 0 spiro atoms. The highest BCUT2D eigenvalue weighted by atomic mass is 31.2. The summed E-state index contributed by atoms with van der Waals surface area (Å²) in [4.78, 5) is 58.9. The summed E-state index contributed by atoms with van der Waals surface area (Å²) in [6.45, 7) is 2.48.